The zero-order valence-corrected chi connectivity index (χ0v) is 11.1. The van der Waals surface area contributed by atoms with Crippen LogP contribution in [0.2, 0.25) is 19.6 Å². The Morgan fingerprint density at radius 2 is 1.58 bits per heavy atom. The average molecular weight is 253 g/mol. The van der Waals surface area contributed by atoms with Crippen LogP contribution in [-0.4, -0.2) is 20.3 Å². The Morgan fingerprint density at radius 1 is 1.00 bits per heavy atom. The van der Waals surface area contributed by atoms with Gasteiger partial charge < -0.3 is 4.43 Å². The molecule has 0 aliphatic carbocycles. The molecule has 0 aromatic carbocycles. The maximum atomic E-state index is 5.74. The smallest absolute Gasteiger partial charge is 0.183 e. The van der Waals surface area contributed by atoms with Gasteiger partial charge in [-0.25, -0.2) is 0 Å². The molecule has 0 saturated heterocycles. The first-order valence-electron chi connectivity index (χ1n) is 4.76. The maximum absolute atomic E-state index is 5.74. The predicted molar refractivity (Wildman–Crippen MR) is 61.6 cm³/mol. The lowest BCUT2D eigenvalue weighted by atomic mass is 10.2. The Labute approximate surface area is 86.1 Å². The lowest BCUT2D eigenvalue weighted by Crippen LogP contribution is -2.25. The highest BCUT2D eigenvalue weighted by atomic mass is 79.9. The van der Waals surface area contributed by atoms with E-state index in [1.807, 2.05) is 0 Å². The molecular formula is C9H21BrOSi. The van der Waals surface area contributed by atoms with Crippen molar-refractivity contribution in [1.82, 2.24) is 0 Å². The zero-order valence-electron chi connectivity index (χ0n) is 8.53. The molecule has 74 valence electrons. The molecule has 0 atom stereocenters. The normalized spacial score (nSPS) is 12.0. The minimum absolute atomic E-state index is 0.970. The average Bonchev–Trinajstić information content (AvgIpc) is 1.94. The van der Waals surface area contributed by atoms with Gasteiger partial charge in [-0.3, -0.25) is 0 Å². The highest BCUT2D eigenvalue weighted by Gasteiger charge is 2.12. The van der Waals surface area contributed by atoms with Crippen molar-refractivity contribution in [2.24, 2.45) is 0 Å². The monoisotopic (exact) mass is 252 g/mol. The molecule has 0 aromatic heterocycles. The molecule has 0 fully saturated rings. The van der Waals surface area contributed by atoms with Gasteiger partial charge in [-0.05, 0) is 32.5 Å². The molecule has 3 heteroatoms. The topological polar surface area (TPSA) is 9.23 Å². The van der Waals surface area contributed by atoms with E-state index in [9.17, 15) is 0 Å². The van der Waals surface area contributed by atoms with E-state index >= 15 is 0 Å². The van der Waals surface area contributed by atoms with Gasteiger partial charge in [-0.15, -0.1) is 0 Å². The molecular weight excluding hydrogens is 232 g/mol. The summed E-state index contributed by atoms with van der Waals surface area (Å²) in [6.07, 6.45) is 5.18. The standard InChI is InChI=1S/C9H21BrOSi/c1-12(2,3)11-9-7-5-4-6-8-10/h4-9H2,1-3H3. The van der Waals surface area contributed by atoms with Crippen LogP contribution in [0.15, 0.2) is 0 Å². The molecule has 0 saturated carbocycles. The van der Waals surface area contributed by atoms with Crippen LogP contribution in [0.1, 0.15) is 25.7 Å². The Morgan fingerprint density at radius 3 is 2.08 bits per heavy atom. The van der Waals surface area contributed by atoms with Crippen LogP contribution in [0.3, 0.4) is 0 Å². The van der Waals surface area contributed by atoms with Crippen molar-refractivity contribution in [3.63, 3.8) is 0 Å². The Balaban J connectivity index is 3.01. The van der Waals surface area contributed by atoms with E-state index in [1.54, 1.807) is 0 Å². The van der Waals surface area contributed by atoms with Gasteiger partial charge >= 0.3 is 0 Å². The second-order valence-electron chi connectivity index (χ2n) is 4.06. The summed E-state index contributed by atoms with van der Waals surface area (Å²) in [7, 11) is -1.23. The van der Waals surface area contributed by atoms with Gasteiger partial charge in [0.05, 0.1) is 0 Å². The van der Waals surface area contributed by atoms with Crippen LogP contribution in [0, 0.1) is 0 Å². The zero-order chi connectivity index (χ0) is 9.45. The fourth-order valence-corrected chi connectivity index (χ4v) is 2.08. The molecule has 1 nitrogen and oxygen atoms in total. The number of rotatable bonds is 7. The van der Waals surface area contributed by atoms with Crippen molar-refractivity contribution in [1.29, 1.82) is 0 Å². The highest BCUT2D eigenvalue weighted by Crippen LogP contribution is 2.06. The molecule has 0 amide bonds. The van der Waals surface area contributed by atoms with E-state index in [0.717, 1.165) is 11.9 Å². The summed E-state index contributed by atoms with van der Waals surface area (Å²) in [6, 6.07) is 0. The van der Waals surface area contributed by atoms with Gasteiger partial charge in [0.1, 0.15) is 0 Å². The Kier molecular flexibility index (Phi) is 7.49. The van der Waals surface area contributed by atoms with E-state index < -0.39 is 8.32 Å². The predicted octanol–water partition coefficient (Wildman–Crippen LogP) is 3.79. The second-order valence-corrected chi connectivity index (χ2v) is 9.37. The fourth-order valence-electron chi connectivity index (χ4n) is 0.928. The minimum atomic E-state index is -1.23. The van der Waals surface area contributed by atoms with E-state index in [-0.39, 0.29) is 0 Å². The molecule has 0 rings (SSSR count). The summed E-state index contributed by atoms with van der Waals surface area (Å²) in [5.41, 5.74) is 0. The largest absolute Gasteiger partial charge is 0.418 e. The SMILES string of the molecule is C[Si](C)(C)OCCCCCCBr. The number of halogens is 1. The summed E-state index contributed by atoms with van der Waals surface area (Å²) in [5.74, 6) is 0. The molecule has 0 aliphatic rings. The first kappa shape index (κ1) is 12.7. The summed E-state index contributed by atoms with van der Waals surface area (Å²) in [5, 5.41) is 1.14. The Bertz CT molecular complexity index is 101. The van der Waals surface area contributed by atoms with E-state index in [1.165, 1.54) is 25.7 Å². The van der Waals surface area contributed by atoms with E-state index in [2.05, 4.69) is 35.6 Å². The first-order valence-corrected chi connectivity index (χ1v) is 9.29. The van der Waals surface area contributed by atoms with Crippen molar-refractivity contribution in [2.45, 2.75) is 45.3 Å². The molecule has 0 bridgehead atoms. The molecule has 0 heterocycles. The molecule has 0 spiro atoms. The van der Waals surface area contributed by atoms with Crippen LogP contribution in [0.5, 0.6) is 0 Å². The second kappa shape index (κ2) is 7.10. The molecule has 0 unspecified atom stereocenters. The molecule has 0 radical (unpaired) electrons. The van der Waals surface area contributed by atoms with Gasteiger partial charge in [0.15, 0.2) is 8.32 Å². The molecule has 0 aromatic rings. The number of unbranched alkanes of at least 4 members (excludes halogenated alkanes) is 3. The van der Waals surface area contributed by atoms with Crippen LogP contribution in [-0.2, 0) is 4.43 Å². The summed E-state index contributed by atoms with van der Waals surface area (Å²) < 4.78 is 5.74. The quantitative estimate of drug-likeness (QED) is 0.381. The van der Waals surface area contributed by atoms with Crippen molar-refractivity contribution >= 4 is 24.2 Å². The first-order chi connectivity index (χ1) is 5.56. The molecule has 0 aliphatic heterocycles. The number of hydrogen-bond acceptors (Lipinski definition) is 1. The van der Waals surface area contributed by atoms with Crippen LogP contribution in [0.25, 0.3) is 0 Å². The van der Waals surface area contributed by atoms with Crippen molar-refractivity contribution in [2.75, 3.05) is 11.9 Å². The van der Waals surface area contributed by atoms with Crippen molar-refractivity contribution < 1.29 is 4.43 Å². The van der Waals surface area contributed by atoms with Gasteiger partial charge in [0.2, 0.25) is 0 Å². The van der Waals surface area contributed by atoms with Gasteiger partial charge in [0.25, 0.3) is 0 Å². The minimum Gasteiger partial charge on any atom is -0.418 e. The summed E-state index contributed by atoms with van der Waals surface area (Å²) >= 11 is 3.43. The number of hydrogen-bond donors (Lipinski definition) is 0. The Hall–Kier alpha value is 0.657. The number of alkyl halides is 1. The van der Waals surface area contributed by atoms with Crippen molar-refractivity contribution in [3.8, 4) is 0 Å². The van der Waals surface area contributed by atoms with Crippen LogP contribution in [0.4, 0.5) is 0 Å². The summed E-state index contributed by atoms with van der Waals surface area (Å²) in [4.78, 5) is 0. The third-order valence-electron chi connectivity index (χ3n) is 1.56. The highest BCUT2D eigenvalue weighted by molar-refractivity contribution is 9.09. The molecule has 0 N–H and O–H groups in total. The van der Waals surface area contributed by atoms with Crippen LogP contribution < -0.4 is 0 Å². The van der Waals surface area contributed by atoms with E-state index in [0.29, 0.717) is 0 Å². The summed E-state index contributed by atoms with van der Waals surface area (Å²) in [6.45, 7) is 7.69. The van der Waals surface area contributed by atoms with E-state index in [4.69, 9.17) is 4.43 Å². The van der Waals surface area contributed by atoms with Crippen LogP contribution >= 0.6 is 15.9 Å². The van der Waals surface area contributed by atoms with Crippen molar-refractivity contribution in [3.05, 3.63) is 0 Å². The maximum Gasteiger partial charge on any atom is 0.183 e. The van der Waals surface area contributed by atoms with Gasteiger partial charge in [-0.1, -0.05) is 28.8 Å². The third-order valence-corrected chi connectivity index (χ3v) is 3.19. The van der Waals surface area contributed by atoms with Gasteiger partial charge in [-0.2, -0.15) is 0 Å². The lowest BCUT2D eigenvalue weighted by Gasteiger charge is -2.16. The van der Waals surface area contributed by atoms with Gasteiger partial charge in [0, 0.05) is 11.9 Å². The lowest BCUT2D eigenvalue weighted by molar-refractivity contribution is 0.299. The molecule has 12 heavy (non-hydrogen) atoms. The fraction of sp³-hybridized carbons (Fsp3) is 1.00. The third kappa shape index (κ3) is 10.7.